The lowest BCUT2D eigenvalue weighted by molar-refractivity contribution is -0.173. The van der Waals surface area contributed by atoms with Crippen LogP contribution in [-0.2, 0) is 11.2 Å². The lowest BCUT2D eigenvalue weighted by Gasteiger charge is -2.16. The van der Waals surface area contributed by atoms with Crippen molar-refractivity contribution in [3.05, 3.63) is 22.2 Å². The summed E-state index contributed by atoms with van der Waals surface area (Å²) in [6.45, 7) is 3.39. The van der Waals surface area contributed by atoms with E-state index in [1.54, 1.807) is 26.0 Å². The van der Waals surface area contributed by atoms with Gasteiger partial charge in [-0.15, -0.1) is 0 Å². The van der Waals surface area contributed by atoms with E-state index in [0.717, 1.165) is 5.56 Å². The maximum atomic E-state index is 12.0. The van der Waals surface area contributed by atoms with Crippen molar-refractivity contribution in [2.24, 2.45) is 0 Å². The van der Waals surface area contributed by atoms with Gasteiger partial charge in [0.2, 0.25) is 5.79 Å². The highest BCUT2D eigenvalue weighted by molar-refractivity contribution is 9.10. The van der Waals surface area contributed by atoms with Gasteiger partial charge in [0, 0.05) is 20.4 Å². The minimum absolute atomic E-state index is 0.117. The third-order valence-electron chi connectivity index (χ3n) is 2.73. The van der Waals surface area contributed by atoms with E-state index in [2.05, 4.69) is 15.9 Å². The number of amides is 1. The average molecular weight is 368 g/mol. The van der Waals surface area contributed by atoms with Crippen LogP contribution in [-0.4, -0.2) is 24.4 Å². The summed E-state index contributed by atoms with van der Waals surface area (Å²) in [4.78, 5) is 10.7. The monoisotopic (exact) mass is 367 g/mol. The van der Waals surface area contributed by atoms with Crippen LogP contribution < -0.4 is 14.8 Å². The van der Waals surface area contributed by atoms with E-state index in [-0.39, 0.29) is 13.0 Å². The van der Waals surface area contributed by atoms with E-state index in [1.165, 1.54) is 0 Å². The van der Waals surface area contributed by atoms with Gasteiger partial charge >= 0.3 is 12.1 Å². The molecule has 116 valence electrons. The first-order chi connectivity index (χ1) is 9.58. The SMILES string of the molecule is CC1(C)Oc2cc(CCNC(=O)C(F)(F)F)cc(Br)c2O1. The largest absolute Gasteiger partial charge is 0.471 e. The summed E-state index contributed by atoms with van der Waals surface area (Å²) in [6, 6.07) is 3.41. The molecule has 0 atom stereocenters. The summed E-state index contributed by atoms with van der Waals surface area (Å²) < 4.78 is 48.0. The number of alkyl halides is 3. The van der Waals surface area contributed by atoms with Crippen molar-refractivity contribution in [3.63, 3.8) is 0 Å². The van der Waals surface area contributed by atoms with Crippen molar-refractivity contribution in [2.75, 3.05) is 6.54 Å². The van der Waals surface area contributed by atoms with E-state index < -0.39 is 17.9 Å². The number of ether oxygens (including phenoxy) is 2. The first kappa shape index (κ1) is 15.9. The van der Waals surface area contributed by atoms with Crippen LogP contribution >= 0.6 is 15.9 Å². The molecule has 0 spiro atoms. The standard InChI is InChI=1S/C13H13BrF3NO3/c1-12(2)20-9-6-7(5-8(14)10(9)21-12)3-4-18-11(19)13(15,16)17/h5-6H,3-4H2,1-2H3,(H,18,19). The Morgan fingerprint density at radius 1 is 1.33 bits per heavy atom. The van der Waals surface area contributed by atoms with Crippen LogP contribution in [0, 0.1) is 0 Å². The Balaban J connectivity index is 2.01. The van der Waals surface area contributed by atoms with Gasteiger partial charge in [-0.1, -0.05) is 0 Å². The molecule has 1 N–H and O–H groups in total. The molecule has 8 heteroatoms. The van der Waals surface area contributed by atoms with Crippen LogP contribution in [0.3, 0.4) is 0 Å². The third-order valence-corrected chi connectivity index (χ3v) is 3.32. The molecule has 1 aromatic carbocycles. The molecule has 0 radical (unpaired) electrons. The molecule has 0 fully saturated rings. The van der Waals surface area contributed by atoms with Crippen LogP contribution in [0.2, 0.25) is 0 Å². The zero-order valence-electron chi connectivity index (χ0n) is 11.3. The van der Waals surface area contributed by atoms with Gasteiger partial charge in [0.1, 0.15) is 0 Å². The highest BCUT2D eigenvalue weighted by atomic mass is 79.9. The van der Waals surface area contributed by atoms with E-state index in [4.69, 9.17) is 9.47 Å². The lowest BCUT2D eigenvalue weighted by atomic mass is 10.1. The van der Waals surface area contributed by atoms with Gasteiger partial charge in [-0.05, 0) is 40.0 Å². The van der Waals surface area contributed by atoms with Crippen molar-refractivity contribution >= 4 is 21.8 Å². The number of rotatable bonds is 3. The maximum Gasteiger partial charge on any atom is 0.471 e. The van der Waals surface area contributed by atoms with Crippen molar-refractivity contribution in [1.82, 2.24) is 5.32 Å². The Morgan fingerprint density at radius 3 is 2.62 bits per heavy atom. The second-order valence-electron chi connectivity index (χ2n) is 5.01. The molecule has 1 amide bonds. The highest BCUT2D eigenvalue weighted by Gasteiger charge is 2.38. The normalized spacial score (nSPS) is 15.9. The number of fused-ring (bicyclic) bond motifs is 1. The average Bonchev–Trinajstić information content (AvgIpc) is 2.63. The topological polar surface area (TPSA) is 47.6 Å². The molecule has 0 aliphatic carbocycles. The lowest BCUT2D eigenvalue weighted by Crippen LogP contribution is -2.37. The number of hydrogen-bond acceptors (Lipinski definition) is 3. The van der Waals surface area contributed by atoms with Crippen LogP contribution in [0.4, 0.5) is 13.2 Å². The number of nitrogens with one attached hydrogen (secondary N) is 1. The van der Waals surface area contributed by atoms with Gasteiger partial charge in [0.25, 0.3) is 0 Å². The second kappa shape index (κ2) is 5.40. The number of halogens is 4. The molecule has 0 saturated heterocycles. The maximum absolute atomic E-state index is 12.0. The Morgan fingerprint density at radius 2 is 2.00 bits per heavy atom. The van der Waals surface area contributed by atoms with Gasteiger partial charge in [-0.25, -0.2) is 0 Å². The number of carbonyl (C=O) groups is 1. The Hall–Kier alpha value is -1.44. The fraction of sp³-hybridized carbons (Fsp3) is 0.462. The zero-order valence-corrected chi connectivity index (χ0v) is 12.9. The molecule has 0 aromatic heterocycles. The van der Waals surface area contributed by atoms with Gasteiger partial charge in [0.15, 0.2) is 11.5 Å². The van der Waals surface area contributed by atoms with Crippen LogP contribution in [0.15, 0.2) is 16.6 Å². The van der Waals surface area contributed by atoms with E-state index in [1.807, 2.05) is 5.32 Å². The van der Waals surface area contributed by atoms with Gasteiger partial charge in [0.05, 0.1) is 4.47 Å². The van der Waals surface area contributed by atoms with Crippen molar-refractivity contribution in [3.8, 4) is 11.5 Å². The first-order valence-electron chi connectivity index (χ1n) is 6.14. The van der Waals surface area contributed by atoms with Crippen molar-refractivity contribution < 1.29 is 27.4 Å². The Labute approximate surface area is 127 Å². The van der Waals surface area contributed by atoms with Gasteiger partial charge in [-0.2, -0.15) is 13.2 Å². The summed E-state index contributed by atoms with van der Waals surface area (Å²) in [6.07, 6.45) is -4.61. The third kappa shape index (κ3) is 3.81. The summed E-state index contributed by atoms with van der Waals surface area (Å²) >= 11 is 3.33. The van der Waals surface area contributed by atoms with E-state index in [0.29, 0.717) is 16.0 Å². The summed E-state index contributed by atoms with van der Waals surface area (Å²) in [5.41, 5.74) is 0.726. The molecule has 0 bridgehead atoms. The molecule has 0 saturated carbocycles. The molecule has 0 unspecified atom stereocenters. The first-order valence-corrected chi connectivity index (χ1v) is 6.93. The molecule has 1 aromatic rings. The summed E-state index contributed by atoms with van der Waals surface area (Å²) in [5.74, 6) is -1.65. The molecule has 2 rings (SSSR count). The van der Waals surface area contributed by atoms with Crippen molar-refractivity contribution in [1.29, 1.82) is 0 Å². The number of carbonyl (C=O) groups excluding carboxylic acids is 1. The summed E-state index contributed by atoms with van der Waals surface area (Å²) in [7, 11) is 0. The molecular weight excluding hydrogens is 355 g/mol. The van der Waals surface area contributed by atoms with E-state index in [9.17, 15) is 18.0 Å². The smallest absolute Gasteiger partial charge is 0.449 e. The molecule has 4 nitrogen and oxygen atoms in total. The molecule has 1 heterocycles. The van der Waals surface area contributed by atoms with Crippen LogP contribution in [0.25, 0.3) is 0 Å². The Kier molecular flexibility index (Phi) is 4.10. The van der Waals surface area contributed by atoms with Crippen LogP contribution in [0.5, 0.6) is 11.5 Å². The fourth-order valence-corrected chi connectivity index (χ4v) is 2.46. The highest BCUT2D eigenvalue weighted by Crippen LogP contribution is 2.45. The zero-order chi connectivity index (χ0) is 15.8. The number of benzene rings is 1. The van der Waals surface area contributed by atoms with Crippen molar-refractivity contribution in [2.45, 2.75) is 32.2 Å². The Bertz CT molecular complexity index is 573. The van der Waals surface area contributed by atoms with Gasteiger partial charge < -0.3 is 14.8 Å². The molecule has 1 aliphatic heterocycles. The van der Waals surface area contributed by atoms with Crippen LogP contribution in [0.1, 0.15) is 19.4 Å². The minimum atomic E-state index is -4.86. The van der Waals surface area contributed by atoms with Gasteiger partial charge in [-0.3, -0.25) is 4.79 Å². The molecule has 21 heavy (non-hydrogen) atoms. The quantitative estimate of drug-likeness (QED) is 0.892. The summed E-state index contributed by atoms with van der Waals surface area (Å²) in [5, 5.41) is 1.82. The second-order valence-corrected chi connectivity index (χ2v) is 5.87. The molecular formula is C13H13BrF3NO3. The predicted molar refractivity (Wildman–Crippen MR) is 72.2 cm³/mol. The fourth-order valence-electron chi connectivity index (χ4n) is 1.89. The predicted octanol–water partition coefficient (Wildman–Crippen LogP) is 3.18. The number of hydrogen-bond donors (Lipinski definition) is 1. The molecule has 1 aliphatic rings. The van der Waals surface area contributed by atoms with E-state index >= 15 is 0 Å². The minimum Gasteiger partial charge on any atom is -0.449 e.